The zero-order chi connectivity index (χ0) is 19.4. The van der Waals surface area contributed by atoms with Gasteiger partial charge in [-0.05, 0) is 52.1 Å². The first-order chi connectivity index (χ1) is 12.5. The van der Waals surface area contributed by atoms with Crippen LogP contribution in [-0.2, 0) is 0 Å². The van der Waals surface area contributed by atoms with Gasteiger partial charge in [0.2, 0.25) is 5.95 Å². The van der Waals surface area contributed by atoms with E-state index in [1.165, 1.54) is 0 Å². The summed E-state index contributed by atoms with van der Waals surface area (Å²) in [5.41, 5.74) is 12.6. The molecule has 0 spiro atoms. The molecular weight excluding hydrogens is 328 g/mol. The Morgan fingerprint density at radius 1 is 0.731 bits per heavy atom. The minimum Gasteiger partial charge on any atom is -0.393 e. The highest BCUT2D eigenvalue weighted by atomic mass is 15.2. The predicted octanol–water partition coefficient (Wildman–Crippen LogP) is 1.93. The fourth-order valence-electron chi connectivity index (χ4n) is 2.85. The van der Waals surface area contributed by atoms with Crippen LogP contribution >= 0.6 is 0 Å². The number of nitrogens with two attached hydrogens (primary N) is 2. The standard InChI is InChI=1S/C18H38N8/c1-5-25(6-2)13-9-11-21-16-15(19)17(24-18(20)23-16)22-12-10-14-26(7-3)8-4/h5-14,19H2,1-4H3,(H4,20,21,22,23,24). The van der Waals surface area contributed by atoms with Crippen LogP contribution < -0.4 is 22.1 Å². The zero-order valence-electron chi connectivity index (χ0n) is 17.0. The SMILES string of the molecule is CCN(CC)CCCNc1nc(N)nc(NCCCN(CC)CC)c1N. The number of hydrogen-bond donors (Lipinski definition) is 4. The molecule has 0 amide bonds. The van der Waals surface area contributed by atoms with Crippen molar-refractivity contribution in [3.63, 3.8) is 0 Å². The second-order valence-corrected chi connectivity index (χ2v) is 6.31. The van der Waals surface area contributed by atoms with Gasteiger partial charge in [-0.25, -0.2) is 0 Å². The van der Waals surface area contributed by atoms with E-state index in [0.29, 0.717) is 17.3 Å². The summed E-state index contributed by atoms with van der Waals surface area (Å²) in [6, 6.07) is 0. The van der Waals surface area contributed by atoms with Gasteiger partial charge in [-0.2, -0.15) is 9.97 Å². The summed E-state index contributed by atoms with van der Waals surface area (Å²) in [5, 5.41) is 6.59. The second kappa shape index (κ2) is 12.5. The Kier molecular flexibility index (Phi) is 10.7. The summed E-state index contributed by atoms with van der Waals surface area (Å²) in [5.74, 6) is 1.46. The lowest BCUT2D eigenvalue weighted by molar-refractivity contribution is 0.303. The molecule has 0 saturated heterocycles. The Hall–Kier alpha value is -1.80. The van der Waals surface area contributed by atoms with E-state index in [2.05, 4.69) is 58.1 Å². The highest BCUT2D eigenvalue weighted by molar-refractivity contribution is 5.75. The van der Waals surface area contributed by atoms with Crippen LogP contribution in [0.3, 0.4) is 0 Å². The lowest BCUT2D eigenvalue weighted by atomic mass is 10.3. The molecule has 0 aliphatic rings. The van der Waals surface area contributed by atoms with E-state index in [4.69, 9.17) is 11.5 Å². The van der Waals surface area contributed by atoms with Gasteiger partial charge in [0, 0.05) is 13.1 Å². The molecule has 0 bridgehead atoms. The van der Waals surface area contributed by atoms with Crippen LogP contribution in [0.5, 0.6) is 0 Å². The molecule has 1 heterocycles. The van der Waals surface area contributed by atoms with Crippen molar-refractivity contribution < 1.29 is 0 Å². The van der Waals surface area contributed by atoms with E-state index in [-0.39, 0.29) is 5.95 Å². The summed E-state index contributed by atoms with van der Waals surface area (Å²) in [7, 11) is 0. The van der Waals surface area contributed by atoms with Gasteiger partial charge in [-0.15, -0.1) is 0 Å². The normalized spacial score (nSPS) is 11.3. The molecule has 8 nitrogen and oxygen atoms in total. The molecular formula is C18H38N8. The minimum absolute atomic E-state index is 0.233. The number of aromatic nitrogens is 2. The maximum Gasteiger partial charge on any atom is 0.224 e. The molecule has 0 saturated carbocycles. The summed E-state index contributed by atoms with van der Waals surface area (Å²) in [4.78, 5) is 13.3. The molecule has 1 aromatic rings. The van der Waals surface area contributed by atoms with Crippen molar-refractivity contribution in [2.24, 2.45) is 0 Å². The Balaban J connectivity index is 2.50. The molecule has 8 heteroatoms. The Labute approximate surface area is 158 Å². The molecule has 0 aliphatic carbocycles. The van der Waals surface area contributed by atoms with Gasteiger partial charge < -0.3 is 31.9 Å². The van der Waals surface area contributed by atoms with Gasteiger partial charge in [0.05, 0.1) is 0 Å². The largest absolute Gasteiger partial charge is 0.393 e. The van der Waals surface area contributed by atoms with Crippen LogP contribution in [0.4, 0.5) is 23.3 Å². The third-order valence-electron chi connectivity index (χ3n) is 4.64. The van der Waals surface area contributed by atoms with Crippen molar-refractivity contribution >= 4 is 23.3 Å². The van der Waals surface area contributed by atoms with Crippen LogP contribution in [0.25, 0.3) is 0 Å². The van der Waals surface area contributed by atoms with Gasteiger partial charge >= 0.3 is 0 Å². The highest BCUT2D eigenvalue weighted by Gasteiger charge is 2.10. The third kappa shape index (κ3) is 7.61. The minimum atomic E-state index is 0.233. The van der Waals surface area contributed by atoms with E-state index < -0.39 is 0 Å². The molecule has 0 unspecified atom stereocenters. The van der Waals surface area contributed by atoms with Gasteiger partial charge in [0.25, 0.3) is 0 Å². The molecule has 0 atom stereocenters. The van der Waals surface area contributed by atoms with Crippen LogP contribution in [0.1, 0.15) is 40.5 Å². The lowest BCUT2D eigenvalue weighted by Gasteiger charge is -2.19. The second-order valence-electron chi connectivity index (χ2n) is 6.31. The van der Waals surface area contributed by atoms with Crippen LogP contribution in [0.2, 0.25) is 0 Å². The average molecular weight is 367 g/mol. The summed E-state index contributed by atoms with van der Waals surface area (Å²) in [6.07, 6.45) is 2.05. The molecule has 0 aliphatic heterocycles. The number of nitrogens with one attached hydrogen (secondary N) is 2. The van der Waals surface area contributed by atoms with E-state index in [9.17, 15) is 0 Å². The Morgan fingerprint density at radius 2 is 1.12 bits per heavy atom. The quantitative estimate of drug-likeness (QED) is 0.370. The first kappa shape index (κ1) is 22.2. The molecule has 150 valence electrons. The van der Waals surface area contributed by atoms with Crippen molar-refractivity contribution in [2.45, 2.75) is 40.5 Å². The Bertz CT molecular complexity index is 459. The predicted molar refractivity (Wildman–Crippen MR) is 113 cm³/mol. The van der Waals surface area contributed by atoms with E-state index in [1.807, 2.05) is 0 Å². The van der Waals surface area contributed by atoms with Crippen LogP contribution in [0, 0.1) is 0 Å². The number of rotatable bonds is 14. The highest BCUT2D eigenvalue weighted by Crippen LogP contribution is 2.24. The number of anilines is 4. The molecule has 1 aromatic heterocycles. The van der Waals surface area contributed by atoms with Crippen molar-refractivity contribution in [1.29, 1.82) is 0 Å². The van der Waals surface area contributed by atoms with Crippen LogP contribution in [-0.4, -0.2) is 72.1 Å². The zero-order valence-corrected chi connectivity index (χ0v) is 17.0. The fraction of sp³-hybridized carbons (Fsp3) is 0.778. The maximum atomic E-state index is 6.21. The number of hydrogen-bond acceptors (Lipinski definition) is 8. The molecule has 0 radical (unpaired) electrons. The molecule has 0 fully saturated rings. The molecule has 1 rings (SSSR count). The van der Waals surface area contributed by atoms with Gasteiger partial charge in [-0.1, -0.05) is 27.7 Å². The molecule has 26 heavy (non-hydrogen) atoms. The van der Waals surface area contributed by atoms with Crippen LogP contribution in [0.15, 0.2) is 0 Å². The van der Waals surface area contributed by atoms with Gasteiger partial charge in [0.1, 0.15) is 5.69 Å². The van der Waals surface area contributed by atoms with E-state index >= 15 is 0 Å². The van der Waals surface area contributed by atoms with Crippen molar-refractivity contribution in [3.8, 4) is 0 Å². The summed E-state index contributed by atoms with van der Waals surface area (Å²) < 4.78 is 0. The van der Waals surface area contributed by atoms with Crippen molar-refractivity contribution in [3.05, 3.63) is 0 Å². The third-order valence-corrected chi connectivity index (χ3v) is 4.64. The first-order valence-electron chi connectivity index (χ1n) is 9.90. The monoisotopic (exact) mass is 366 g/mol. The van der Waals surface area contributed by atoms with E-state index in [1.54, 1.807) is 0 Å². The van der Waals surface area contributed by atoms with Crippen molar-refractivity contribution in [2.75, 3.05) is 74.5 Å². The Morgan fingerprint density at radius 3 is 1.46 bits per heavy atom. The van der Waals surface area contributed by atoms with Gasteiger partial charge in [-0.3, -0.25) is 0 Å². The van der Waals surface area contributed by atoms with Gasteiger partial charge in [0.15, 0.2) is 11.6 Å². The molecule has 6 N–H and O–H groups in total. The van der Waals surface area contributed by atoms with E-state index in [0.717, 1.165) is 65.2 Å². The topological polar surface area (TPSA) is 108 Å². The number of nitrogen functional groups attached to an aromatic ring is 2. The average Bonchev–Trinajstić information content (AvgIpc) is 2.65. The summed E-state index contributed by atoms with van der Waals surface area (Å²) >= 11 is 0. The fourth-order valence-corrected chi connectivity index (χ4v) is 2.85. The lowest BCUT2D eigenvalue weighted by Crippen LogP contribution is -2.26. The number of nitrogens with zero attached hydrogens (tertiary/aromatic N) is 4. The van der Waals surface area contributed by atoms with Crippen molar-refractivity contribution in [1.82, 2.24) is 19.8 Å². The summed E-state index contributed by atoms with van der Waals surface area (Å²) in [6.45, 7) is 16.7. The molecule has 0 aromatic carbocycles. The maximum absolute atomic E-state index is 6.21. The smallest absolute Gasteiger partial charge is 0.224 e. The first-order valence-corrected chi connectivity index (χ1v) is 9.90.